The molecular weight excluding hydrogens is 334 g/mol. The molecule has 0 radical (unpaired) electrons. The maximum Gasteiger partial charge on any atom is 0.355 e. The van der Waals surface area contributed by atoms with Crippen molar-refractivity contribution >= 4 is 34.9 Å². The molecule has 0 spiro atoms. The number of halogens is 1. The summed E-state index contributed by atoms with van der Waals surface area (Å²) in [5.74, 6) is -1.41. The van der Waals surface area contributed by atoms with Crippen LogP contribution in [-0.2, 0) is 16.6 Å². The van der Waals surface area contributed by atoms with Crippen molar-refractivity contribution in [1.82, 2.24) is 9.55 Å². The van der Waals surface area contributed by atoms with E-state index in [1.165, 1.54) is 36.9 Å². The maximum absolute atomic E-state index is 12.2. The minimum absolute atomic E-state index is 0.137. The summed E-state index contributed by atoms with van der Waals surface area (Å²) in [5.41, 5.74) is 0.896. The highest BCUT2D eigenvalue weighted by molar-refractivity contribution is 6.32. The van der Waals surface area contributed by atoms with Crippen molar-refractivity contribution < 1.29 is 19.1 Å². The van der Waals surface area contributed by atoms with Gasteiger partial charge < -0.3 is 14.6 Å². The summed E-state index contributed by atoms with van der Waals surface area (Å²) in [7, 11) is 1.61. The summed E-state index contributed by atoms with van der Waals surface area (Å²) in [4.78, 5) is 39.4. The lowest BCUT2D eigenvalue weighted by atomic mass is 10.2. The molecule has 0 fully saturated rings. The van der Waals surface area contributed by atoms with E-state index >= 15 is 0 Å². The summed E-state index contributed by atoms with van der Waals surface area (Å²) >= 11 is 5.86. The van der Waals surface area contributed by atoms with Gasteiger partial charge in [0.2, 0.25) is 0 Å². The van der Waals surface area contributed by atoms with Gasteiger partial charge in [-0.3, -0.25) is 9.59 Å². The van der Waals surface area contributed by atoms with E-state index < -0.39 is 18.0 Å². The molecule has 0 aliphatic rings. The summed E-state index contributed by atoms with van der Waals surface area (Å²) in [6, 6.07) is 4.62. The Morgan fingerprint density at radius 2 is 2.08 bits per heavy atom. The lowest BCUT2D eigenvalue weighted by Crippen LogP contribution is -2.30. The van der Waals surface area contributed by atoms with Crippen LogP contribution >= 0.6 is 11.6 Å². The van der Waals surface area contributed by atoms with Crippen molar-refractivity contribution in [2.24, 2.45) is 7.05 Å². The maximum atomic E-state index is 12.2. The van der Waals surface area contributed by atoms with Crippen LogP contribution in [0.15, 0.2) is 30.6 Å². The second kappa shape index (κ2) is 7.27. The molecule has 2 aromatic rings. The molecule has 0 saturated carbocycles. The lowest BCUT2D eigenvalue weighted by molar-refractivity contribution is -0.123. The summed E-state index contributed by atoms with van der Waals surface area (Å²) in [5, 5.41) is 2.67. The Kier molecular flexibility index (Phi) is 5.35. The first-order chi connectivity index (χ1) is 11.3. The highest BCUT2D eigenvalue weighted by Crippen LogP contribution is 2.18. The first kappa shape index (κ1) is 17.7. The average molecular weight is 350 g/mol. The second-order valence-corrected chi connectivity index (χ2v) is 5.52. The number of rotatable bonds is 5. The van der Waals surface area contributed by atoms with Crippen LogP contribution in [0.5, 0.6) is 0 Å². The highest BCUT2D eigenvalue weighted by Gasteiger charge is 2.22. The molecule has 7 nitrogen and oxygen atoms in total. The molecule has 1 atom stereocenters. The number of amides is 1. The minimum atomic E-state index is -1.05. The SMILES string of the molecule is CC(=O)c1cc(C(=O)O[C@H](C)C(=O)Nc2cccnc2Cl)n(C)c1. The third kappa shape index (κ3) is 3.99. The van der Waals surface area contributed by atoms with Crippen LogP contribution in [0.2, 0.25) is 5.15 Å². The van der Waals surface area contributed by atoms with Gasteiger partial charge in [0.05, 0.1) is 5.69 Å². The van der Waals surface area contributed by atoms with E-state index in [-0.39, 0.29) is 16.6 Å². The Morgan fingerprint density at radius 3 is 2.67 bits per heavy atom. The molecule has 1 amide bonds. The third-order valence-corrected chi connectivity index (χ3v) is 3.59. The number of anilines is 1. The molecule has 0 aliphatic heterocycles. The summed E-state index contributed by atoms with van der Waals surface area (Å²) in [6.45, 7) is 2.84. The zero-order valence-electron chi connectivity index (χ0n) is 13.4. The van der Waals surface area contributed by atoms with Gasteiger partial charge in [0.25, 0.3) is 5.91 Å². The molecular formula is C16H16ClN3O4. The van der Waals surface area contributed by atoms with Gasteiger partial charge in [0.1, 0.15) is 5.69 Å². The fourth-order valence-electron chi connectivity index (χ4n) is 1.95. The van der Waals surface area contributed by atoms with Crippen LogP contribution in [0.3, 0.4) is 0 Å². The van der Waals surface area contributed by atoms with E-state index in [9.17, 15) is 14.4 Å². The van der Waals surface area contributed by atoms with Gasteiger partial charge >= 0.3 is 5.97 Å². The molecule has 1 N–H and O–H groups in total. The number of pyridine rings is 1. The monoisotopic (exact) mass is 349 g/mol. The van der Waals surface area contributed by atoms with Crippen LogP contribution in [-0.4, -0.2) is 33.3 Å². The third-order valence-electron chi connectivity index (χ3n) is 3.29. The first-order valence-corrected chi connectivity index (χ1v) is 7.47. The number of carbonyl (C=O) groups is 3. The normalized spacial score (nSPS) is 11.7. The van der Waals surface area contributed by atoms with Crippen molar-refractivity contribution in [2.75, 3.05) is 5.32 Å². The topological polar surface area (TPSA) is 90.3 Å². The number of hydrogen-bond donors (Lipinski definition) is 1. The van der Waals surface area contributed by atoms with Crippen molar-refractivity contribution in [2.45, 2.75) is 20.0 Å². The standard InChI is InChI=1S/C16H16ClN3O4/c1-9(21)11-7-13(20(3)8-11)16(23)24-10(2)15(22)19-12-5-4-6-18-14(12)17/h4-8,10H,1-3H3,(H,19,22)/t10-/m1/s1. The quantitative estimate of drug-likeness (QED) is 0.508. The number of hydrogen-bond acceptors (Lipinski definition) is 5. The van der Waals surface area contributed by atoms with Gasteiger partial charge in [-0.25, -0.2) is 9.78 Å². The van der Waals surface area contributed by atoms with Crippen molar-refractivity contribution in [3.05, 3.63) is 47.0 Å². The van der Waals surface area contributed by atoms with E-state index in [0.29, 0.717) is 11.3 Å². The molecule has 0 aliphatic carbocycles. The number of ether oxygens (including phenoxy) is 1. The van der Waals surface area contributed by atoms with Gasteiger partial charge in [-0.05, 0) is 32.0 Å². The molecule has 0 unspecified atom stereocenters. The molecule has 8 heteroatoms. The van der Waals surface area contributed by atoms with Crippen LogP contribution in [0.1, 0.15) is 34.7 Å². The van der Waals surface area contributed by atoms with Gasteiger partial charge in [-0.15, -0.1) is 0 Å². The number of Topliss-reactive ketones (excluding diaryl/α,β-unsaturated/α-hetero) is 1. The number of nitrogens with zero attached hydrogens (tertiary/aromatic N) is 2. The molecule has 2 rings (SSSR count). The van der Waals surface area contributed by atoms with Crippen LogP contribution in [0.25, 0.3) is 0 Å². The number of ketones is 1. The zero-order valence-corrected chi connectivity index (χ0v) is 14.1. The van der Waals surface area contributed by atoms with E-state index in [4.69, 9.17) is 16.3 Å². The number of aryl methyl sites for hydroxylation is 1. The van der Waals surface area contributed by atoms with E-state index in [1.54, 1.807) is 19.2 Å². The Labute approximate surface area is 143 Å². The van der Waals surface area contributed by atoms with Crippen LogP contribution in [0, 0.1) is 0 Å². The number of esters is 1. The molecule has 0 bridgehead atoms. The molecule has 2 aromatic heterocycles. The fourth-order valence-corrected chi connectivity index (χ4v) is 2.11. The molecule has 126 valence electrons. The largest absolute Gasteiger partial charge is 0.448 e. The predicted octanol–water partition coefficient (Wildman–Crippen LogP) is 2.46. The zero-order chi connectivity index (χ0) is 17.9. The smallest absolute Gasteiger partial charge is 0.355 e. The van der Waals surface area contributed by atoms with Crippen LogP contribution < -0.4 is 5.32 Å². The van der Waals surface area contributed by atoms with Crippen molar-refractivity contribution in [3.63, 3.8) is 0 Å². The number of carbonyl (C=O) groups excluding carboxylic acids is 3. The highest BCUT2D eigenvalue weighted by atomic mass is 35.5. The van der Waals surface area contributed by atoms with Gasteiger partial charge in [0.15, 0.2) is 17.0 Å². The first-order valence-electron chi connectivity index (χ1n) is 7.09. The lowest BCUT2D eigenvalue weighted by Gasteiger charge is -2.14. The summed E-state index contributed by atoms with van der Waals surface area (Å²) in [6.07, 6.45) is 1.96. The number of aromatic nitrogens is 2. The molecule has 0 saturated heterocycles. The Hall–Kier alpha value is -2.67. The van der Waals surface area contributed by atoms with Crippen molar-refractivity contribution in [3.8, 4) is 0 Å². The Balaban J connectivity index is 2.04. The Bertz CT molecular complexity index is 800. The molecule has 24 heavy (non-hydrogen) atoms. The molecule has 0 aromatic carbocycles. The second-order valence-electron chi connectivity index (χ2n) is 5.16. The average Bonchev–Trinajstić information content (AvgIpc) is 2.91. The van der Waals surface area contributed by atoms with Crippen molar-refractivity contribution in [1.29, 1.82) is 0 Å². The molecule has 2 heterocycles. The van der Waals surface area contributed by atoms with E-state index in [1.807, 2.05) is 0 Å². The van der Waals surface area contributed by atoms with Gasteiger partial charge in [-0.1, -0.05) is 11.6 Å². The number of nitrogens with one attached hydrogen (secondary N) is 1. The fraction of sp³-hybridized carbons (Fsp3) is 0.250. The van der Waals surface area contributed by atoms with Gasteiger partial charge in [-0.2, -0.15) is 0 Å². The van der Waals surface area contributed by atoms with E-state index in [2.05, 4.69) is 10.3 Å². The predicted molar refractivity (Wildman–Crippen MR) is 88.2 cm³/mol. The Morgan fingerprint density at radius 1 is 1.38 bits per heavy atom. The summed E-state index contributed by atoms with van der Waals surface area (Å²) < 4.78 is 6.61. The minimum Gasteiger partial charge on any atom is -0.448 e. The van der Waals surface area contributed by atoms with Gasteiger partial charge in [0, 0.05) is 25.0 Å². The van der Waals surface area contributed by atoms with E-state index in [0.717, 1.165) is 0 Å². The van der Waals surface area contributed by atoms with Crippen LogP contribution in [0.4, 0.5) is 5.69 Å².